The first kappa shape index (κ1) is 15.2. The molecule has 0 aliphatic rings. The first-order valence-corrected chi connectivity index (χ1v) is 7.22. The van der Waals surface area contributed by atoms with Crippen LogP contribution in [0.4, 0.5) is 0 Å². The minimum Gasteiger partial charge on any atom is -0.481 e. The molecule has 0 aromatic heterocycles. The van der Waals surface area contributed by atoms with Crippen LogP contribution < -0.4 is 0 Å². The van der Waals surface area contributed by atoms with Crippen molar-refractivity contribution in [3.8, 4) is 11.1 Å². The van der Waals surface area contributed by atoms with Crippen LogP contribution in [0.1, 0.15) is 12.0 Å². The zero-order valence-corrected chi connectivity index (χ0v) is 12.3. The van der Waals surface area contributed by atoms with Gasteiger partial charge in [-0.3, -0.25) is 4.79 Å². The number of fused-ring (bicyclic) bond motifs is 1. The molecule has 0 saturated heterocycles. The Morgan fingerprint density at radius 2 is 1.52 bits per heavy atom. The van der Waals surface area contributed by atoms with Gasteiger partial charge in [-0.25, -0.2) is 0 Å². The molecule has 0 radical (unpaired) electrons. The molecule has 0 unspecified atom stereocenters. The number of carbonyl (C=O) groups is 1. The largest absolute Gasteiger partial charge is 0.481 e. The van der Waals surface area contributed by atoms with E-state index in [2.05, 4.69) is 0 Å². The van der Waals surface area contributed by atoms with Crippen LogP contribution in [0.5, 0.6) is 0 Å². The number of rotatable bonds is 4. The van der Waals surface area contributed by atoms with Crippen LogP contribution in [0.15, 0.2) is 66.7 Å². The highest BCUT2D eigenvalue weighted by molar-refractivity contribution is 5.91. The molecule has 0 bridgehead atoms. The number of carboxylic acid groups (broad SMARTS) is 1. The quantitative estimate of drug-likeness (QED) is 0.647. The van der Waals surface area contributed by atoms with Crippen LogP contribution in [0.2, 0.25) is 0 Å². The molecule has 0 aliphatic carbocycles. The van der Waals surface area contributed by atoms with Crippen LogP contribution in [-0.4, -0.2) is 21.3 Å². The van der Waals surface area contributed by atoms with Crippen LogP contribution >= 0.6 is 0 Å². The van der Waals surface area contributed by atoms with E-state index >= 15 is 0 Å². The Morgan fingerprint density at radius 3 is 2.22 bits per heavy atom. The second-order valence-corrected chi connectivity index (χ2v) is 5.50. The van der Waals surface area contributed by atoms with Gasteiger partial charge in [-0.05, 0) is 34.0 Å². The van der Waals surface area contributed by atoms with E-state index in [-0.39, 0.29) is 5.56 Å². The third-order valence-electron chi connectivity index (χ3n) is 3.80. The van der Waals surface area contributed by atoms with Crippen molar-refractivity contribution in [2.45, 2.75) is 12.2 Å². The molecular formula is C19H16O4. The van der Waals surface area contributed by atoms with Crippen molar-refractivity contribution in [3.05, 3.63) is 72.3 Å². The van der Waals surface area contributed by atoms with E-state index in [1.54, 1.807) is 18.2 Å². The van der Waals surface area contributed by atoms with E-state index < -0.39 is 18.2 Å². The molecule has 0 heterocycles. The minimum atomic E-state index is -2.43. The van der Waals surface area contributed by atoms with Gasteiger partial charge in [0.25, 0.3) is 0 Å². The third-order valence-corrected chi connectivity index (χ3v) is 3.80. The van der Waals surface area contributed by atoms with Crippen molar-refractivity contribution < 1.29 is 20.1 Å². The van der Waals surface area contributed by atoms with Crippen LogP contribution in [0.3, 0.4) is 0 Å². The molecule has 0 fully saturated rings. The summed E-state index contributed by atoms with van der Waals surface area (Å²) in [7, 11) is 0. The van der Waals surface area contributed by atoms with Crippen molar-refractivity contribution in [2.75, 3.05) is 0 Å². The number of hydrogen-bond acceptors (Lipinski definition) is 3. The van der Waals surface area contributed by atoms with Crippen LogP contribution in [0.25, 0.3) is 21.9 Å². The number of carboxylic acids is 1. The normalized spacial score (nSPS) is 11.6. The standard InChI is InChI=1S/C19H16O4/c20-18(21)12-19(22,23)17-11-15(13-6-2-1-3-7-13)10-14-8-4-5-9-16(14)17/h1-11,22-23H,12H2,(H,20,21). The number of aliphatic carboxylic acids is 1. The first-order chi connectivity index (χ1) is 11.0. The molecule has 4 nitrogen and oxygen atoms in total. The van der Waals surface area contributed by atoms with E-state index in [4.69, 9.17) is 5.11 Å². The molecule has 0 aliphatic heterocycles. The summed E-state index contributed by atoms with van der Waals surface area (Å²) in [6.45, 7) is 0. The molecule has 0 atom stereocenters. The molecule has 3 aromatic carbocycles. The second-order valence-electron chi connectivity index (χ2n) is 5.50. The molecular weight excluding hydrogens is 292 g/mol. The SMILES string of the molecule is O=C(O)CC(O)(O)c1cc(-c2ccccc2)cc2ccccc12. The van der Waals surface area contributed by atoms with Gasteiger partial charge in [-0.2, -0.15) is 0 Å². The highest BCUT2D eigenvalue weighted by atomic mass is 16.5. The summed E-state index contributed by atoms with van der Waals surface area (Å²) in [5.74, 6) is -3.71. The van der Waals surface area contributed by atoms with Crippen molar-refractivity contribution in [1.29, 1.82) is 0 Å². The number of hydrogen-bond donors (Lipinski definition) is 3. The predicted octanol–water partition coefficient (Wildman–Crippen LogP) is 3.12. The second kappa shape index (κ2) is 5.83. The van der Waals surface area contributed by atoms with Gasteiger partial charge in [-0.15, -0.1) is 0 Å². The summed E-state index contributed by atoms with van der Waals surface area (Å²) >= 11 is 0. The summed E-state index contributed by atoms with van der Waals surface area (Å²) in [5, 5.41) is 31.0. The maximum atomic E-state index is 11.0. The van der Waals surface area contributed by atoms with Crippen molar-refractivity contribution in [2.24, 2.45) is 0 Å². The fourth-order valence-electron chi connectivity index (χ4n) is 2.75. The van der Waals surface area contributed by atoms with Gasteiger partial charge in [-0.1, -0.05) is 54.6 Å². The summed E-state index contributed by atoms with van der Waals surface area (Å²) in [4.78, 5) is 11.0. The van der Waals surface area contributed by atoms with Crippen LogP contribution in [-0.2, 0) is 10.6 Å². The average molecular weight is 308 g/mol. The van der Waals surface area contributed by atoms with Gasteiger partial charge in [0, 0.05) is 5.56 Å². The molecule has 0 saturated carbocycles. The maximum Gasteiger partial charge on any atom is 0.309 e. The summed E-state index contributed by atoms with van der Waals surface area (Å²) in [6.07, 6.45) is -0.783. The Morgan fingerprint density at radius 1 is 0.870 bits per heavy atom. The van der Waals surface area contributed by atoms with E-state index in [0.717, 1.165) is 16.5 Å². The zero-order valence-electron chi connectivity index (χ0n) is 12.3. The van der Waals surface area contributed by atoms with Gasteiger partial charge in [0.05, 0.1) is 0 Å². The first-order valence-electron chi connectivity index (χ1n) is 7.22. The van der Waals surface area contributed by atoms with Gasteiger partial charge in [0.1, 0.15) is 6.42 Å². The lowest BCUT2D eigenvalue weighted by molar-refractivity contribution is -0.186. The highest BCUT2D eigenvalue weighted by Gasteiger charge is 2.31. The van der Waals surface area contributed by atoms with E-state index in [0.29, 0.717) is 5.39 Å². The lowest BCUT2D eigenvalue weighted by atomic mass is 9.91. The lowest BCUT2D eigenvalue weighted by Crippen LogP contribution is -2.28. The molecule has 3 N–H and O–H groups in total. The topological polar surface area (TPSA) is 77.8 Å². The van der Waals surface area contributed by atoms with Crippen molar-refractivity contribution in [1.82, 2.24) is 0 Å². The van der Waals surface area contributed by atoms with Crippen molar-refractivity contribution >= 4 is 16.7 Å². The summed E-state index contributed by atoms with van der Waals surface area (Å²) in [5.41, 5.74) is 1.92. The average Bonchev–Trinajstić information content (AvgIpc) is 2.53. The molecule has 23 heavy (non-hydrogen) atoms. The van der Waals surface area contributed by atoms with Crippen LogP contribution in [0, 0.1) is 0 Å². The molecule has 0 amide bonds. The number of aliphatic hydroxyl groups is 2. The fraction of sp³-hybridized carbons (Fsp3) is 0.105. The van der Waals surface area contributed by atoms with Gasteiger partial charge in [0.2, 0.25) is 5.79 Å². The summed E-state index contributed by atoms with van der Waals surface area (Å²) < 4.78 is 0. The molecule has 4 heteroatoms. The van der Waals surface area contributed by atoms with E-state index in [1.807, 2.05) is 48.5 Å². The smallest absolute Gasteiger partial charge is 0.309 e. The third kappa shape index (κ3) is 3.08. The van der Waals surface area contributed by atoms with Crippen molar-refractivity contribution in [3.63, 3.8) is 0 Å². The highest BCUT2D eigenvalue weighted by Crippen LogP contribution is 2.34. The zero-order chi connectivity index (χ0) is 16.4. The lowest BCUT2D eigenvalue weighted by Gasteiger charge is -2.23. The Labute approximate surface area is 133 Å². The van der Waals surface area contributed by atoms with Gasteiger partial charge < -0.3 is 15.3 Å². The van der Waals surface area contributed by atoms with Gasteiger partial charge in [0.15, 0.2) is 0 Å². The van der Waals surface area contributed by atoms with Gasteiger partial charge >= 0.3 is 5.97 Å². The minimum absolute atomic E-state index is 0.192. The van der Waals surface area contributed by atoms with E-state index in [1.165, 1.54) is 0 Å². The maximum absolute atomic E-state index is 11.0. The fourth-order valence-corrected chi connectivity index (χ4v) is 2.75. The molecule has 3 rings (SSSR count). The Kier molecular flexibility index (Phi) is 3.86. The Hall–Kier alpha value is -2.69. The Bertz CT molecular complexity index is 854. The Balaban J connectivity index is 2.25. The molecule has 116 valence electrons. The molecule has 0 spiro atoms. The summed E-state index contributed by atoms with van der Waals surface area (Å²) in [6, 6.07) is 20.4. The molecule has 3 aromatic rings. The monoisotopic (exact) mass is 308 g/mol. The number of benzene rings is 3. The predicted molar refractivity (Wildman–Crippen MR) is 87.8 cm³/mol. The van der Waals surface area contributed by atoms with E-state index in [9.17, 15) is 15.0 Å².